The lowest BCUT2D eigenvalue weighted by atomic mass is 9.96. The predicted octanol–water partition coefficient (Wildman–Crippen LogP) is 3.38. The molecule has 5 heteroatoms. The van der Waals surface area contributed by atoms with E-state index in [1.165, 1.54) is 5.56 Å². The molecule has 2 heterocycles. The van der Waals surface area contributed by atoms with Crippen molar-refractivity contribution in [2.24, 2.45) is 5.92 Å². The smallest absolute Gasteiger partial charge is 0.410 e. The minimum Gasteiger partial charge on any atom is -0.444 e. The van der Waals surface area contributed by atoms with Crippen molar-refractivity contribution in [3.63, 3.8) is 0 Å². The third-order valence-electron chi connectivity index (χ3n) is 4.19. The zero-order valence-corrected chi connectivity index (χ0v) is 14.7. The van der Waals surface area contributed by atoms with E-state index in [2.05, 4.69) is 17.2 Å². The van der Waals surface area contributed by atoms with E-state index < -0.39 is 5.60 Å². The molecule has 1 aliphatic heterocycles. The molecular formula is C18H29N3O2. The highest BCUT2D eigenvalue weighted by molar-refractivity contribution is 5.68. The van der Waals surface area contributed by atoms with Crippen LogP contribution in [-0.2, 0) is 4.74 Å². The van der Waals surface area contributed by atoms with Crippen LogP contribution in [0, 0.1) is 5.92 Å². The summed E-state index contributed by atoms with van der Waals surface area (Å²) in [5.41, 5.74) is 0.835. The van der Waals surface area contributed by atoms with E-state index in [4.69, 9.17) is 4.74 Å². The maximum atomic E-state index is 12.1. The molecule has 5 nitrogen and oxygen atoms in total. The molecule has 1 N–H and O–H groups in total. The molecule has 1 fully saturated rings. The quantitative estimate of drug-likeness (QED) is 0.924. The third kappa shape index (κ3) is 5.82. The summed E-state index contributed by atoms with van der Waals surface area (Å²) in [4.78, 5) is 17.9. The van der Waals surface area contributed by atoms with Gasteiger partial charge in [-0.3, -0.25) is 4.98 Å². The van der Waals surface area contributed by atoms with Crippen LogP contribution in [-0.4, -0.2) is 41.2 Å². The molecule has 0 unspecified atom stereocenters. The van der Waals surface area contributed by atoms with Crippen molar-refractivity contribution < 1.29 is 9.53 Å². The number of carbonyl (C=O) groups excluding carboxylic acids is 1. The first-order valence-corrected chi connectivity index (χ1v) is 8.46. The van der Waals surface area contributed by atoms with Gasteiger partial charge in [-0.15, -0.1) is 0 Å². The molecule has 23 heavy (non-hydrogen) atoms. The Morgan fingerprint density at radius 1 is 1.35 bits per heavy atom. The molecule has 0 saturated carbocycles. The Balaban J connectivity index is 1.72. The Morgan fingerprint density at radius 2 is 1.96 bits per heavy atom. The standard InChI is InChI=1S/C18H29N3O2/c1-14(16-5-9-19-10-6-16)20-13-15-7-11-21(12-8-15)17(22)23-18(2,3)4/h5-6,9-10,14-15,20H,7-8,11-13H2,1-4H3/t14-/m0/s1. The molecule has 0 bridgehead atoms. The predicted molar refractivity (Wildman–Crippen MR) is 91.2 cm³/mol. The zero-order chi connectivity index (χ0) is 16.9. The summed E-state index contributed by atoms with van der Waals surface area (Å²) in [7, 11) is 0. The fourth-order valence-corrected chi connectivity index (χ4v) is 2.76. The second-order valence-corrected chi connectivity index (χ2v) is 7.32. The molecule has 2 rings (SSSR count). The Labute approximate surface area is 139 Å². The number of ether oxygens (including phenoxy) is 1. The van der Waals surface area contributed by atoms with Gasteiger partial charge in [0, 0.05) is 31.5 Å². The van der Waals surface area contributed by atoms with Gasteiger partial charge in [0.15, 0.2) is 0 Å². The average molecular weight is 319 g/mol. The van der Waals surface area contributed by atoms with Crippen molar-refractivity contribution in [1.29, 1.82) is 0 Å². The van der Waals surface area contributed by atoms with E-state index in [9.17, 15) is 4.79 Å². The summed E-state index contributed by atoms with van der Waals surface area (Å²) in [6.07, 6.45) is 5.51. The number of nitrogens with zero attached hydrogens (tertiary/aromatic N) is 2. The first-order valence-electron chi connectivity index (χ1n) is 8.46. The van der Waals surface area contributed by atoms with Crippen LogP contribution in [0.5, 0.6) is 0 Å². The van der Waals surface area contributed by atoms with Crippen LogP contribution in [0.2, 0.25) is 0 Å². The van der Waals surface area contributed by atoms with Gasteiger partial charge in [0.1, 0.15) is 5.60 Å². The number of carbonyl (C=O) groups is 1. The second-order valence-electron chi connectivity index (χ2n) is 7.32. The summed E-state index contributed by atoms with van der Waals surface area (Å²) >= 11 is 0. The maximum absolute atomic E-state index is 12.1. The van der Waals surface area contributed by atoms with Crippen LogP contribution >= 0.6 is 0 Å². The molecule has 1 aromatic heterocycles. The van der Waals surface area contributed by atoms with E-state index >= 15 is 0 Å². The van der Waals surface area contributed by atoms with Crippen molar-refractivity contribution >= 4 is 6.09 Å². The molecule has 1 atom stereocenters. The Bertz CT molecular complexity index is 491. The number of piperidine rings is 1. The number of likely N-dealkylation sites (tertiary alicyclic amines) is 1. The van der Waals surface area contributed by atoms with Crippen molar-refractivity contribution in [1.82, 2.24) is 15.2 Å². The summed E-state index contributed by atoms with van der Waals surface area (Å²) in [5, 5.41) is 3.59. The zero-order valence-electron chi connectivity index (χ0n) is 14.7. The van der Waals surface area contributed by atoms with Gasteiger partial charge in [-0.25, -0.2) is 4.79 Å². The van der Waals surface area contributed by atoms with Crippen LogP contribution < -0.4 is 5.32 Å². The highest BCUT2D eigenvalue weighted by Gasteiger charge is 2.26. The summed E-state index contributed by atoms with van der Waals surface area (Å²) in [6.45, 7) is 10.4. The van der Waals surface area contributed by atoms with E-state index in [1.54, 1.807) is 0 Å². The maximum Gasteiger partial charge on any atom is 0.410 e. The van der Waals surface area contributed by atoms with Gasteiger partial charge in [-0.05, 0) is 70.7 Å². The topological polar surface area (TPSA) is 54.5 Å². The van der Waals surface area contributed by atoms with Gasteiger partial charge < -0.3 is 15.0 Å². The number of hydrogen-bond acceptors (Lipinski definition) is 4. The summed E-state index contributed by atoms with van der Waals surface area (Å²) in [5.74, 6) is 0.609. The van der Waals surface area contributed by atoms with E-state index in [-0.39, 0.29) is 6.09 Å². The highest BCUT2D eigenvalue weighted by Crippen LogP contribution is 2.20. The molecule has 0 aromatic carbocycles. The normalized spacial score (nSPS) is 17.8. The molecule has 1 aliphatic rings. The first-order chi connectivity index (χ1) is 10.8. The molecule has 0 radical (unpaired) electrons. The Hall–Kier alpha value is -1.62. The Morgan fingerprint density at radius 3 is 2.52 bits per heavy atom. The van der Waals surface area contributed by atoms with Gasteiger partial charge in [-0.2, -0.15) is 0 Å². The van der Waals surface area contributed by atoms with E-state index in [0.717, 1.165) is 32.5 Å². The van der Waals surface area contributed by atoms with Crippen molar-refractivity contribution in [3.8, 4) is 0 Å². The van der Waals surface area contributed by atoms with E-state index in [0.29, 0.717) is 12.0 Å². The first kappa shape index (κ1) is 17.7. The average Bonchev–Trinajstić information content (AvgIpc) is 2.52. The largest absolute Gasteiger partial charge is 0.444 e. The number of amides is 1. The highest BCUT2D eigenvalue weighted by atomic mass is 16.6. The van der Waals surface area contributed by atoms with Crippen LogP contribution in [0.1, 0.15) is 52.1 Å². The summed E-state index contributed by atoms with van der Waals surface area (Å²) < 4.78 is 5.43. The summed E-state index contributed by atoms with van der Waals surface area (Å²) in [6, 6.07) is 4.41. The van der Waals surface area contributed by atoms with Crippen LogP contribution in [0.4, 0.5) is 4.79 Å². The van der Waals surface area contributed by atoms with Gasteiger partial charge in [0.25, 0.3) is 0 Å². The lowest BCUT2D eigenvalue weighted by molar-refractivity contribution is 0.0183. The van der Waals surface area contributed by atoms with Crippen LogP contribution in [0.3, 0.4) is 0 Å². The van der Waals surface area contributed by atoms with Crippen LogP contribution in [0.15, 0.2) is 24.5 Å². The lowest BCUT2D eigenvalue weighted by Crippen LogP contribution is -2.43. The minimum absolute atomic E-state index is 0.186. The molecule has 1 amide bonds. The number of aromatic nitrogens is 1. The molecule has 1 saturated heterocycles. The fourth-order valence-electron chi connectivity index (χ4n) is 2.76. The minimum atomic E-state index is -0.421. The fraction of sp³-hybridized carbons (Fsp3) is 0.667. The number of nitrogens with one attached hydrogen (secondary N) is 1. The SMILES string of the molecule is C[C@H](NCC1CCN(C(=O)OC(C)(C)C)CC1)c1ccncc1. The van der Waals surface area contributed by atoms with Gasteiger partial charge in [0.2, 0.25) is 0 Å². The van der Waals surface area contributed by atoms with Crippen molar-refractivity contribution in [2.75, 3.05) is 19.6 Å². The number of hydrogen-bond donors (Lipinski definition) is 1. The molecule has 1 aromatic rings. The number of rotatable bonds is 4. The molecular weight excluding hydrogens is 290 g/mol. The second kappa shape index (κ2) is 7.77. The monoisotopic (exact) mass is 319 g/mol. The van der Waals surface area contributed by atoms with Gasteiger partial charge in [0.05, 0.1) is 0 Å². The molecule has 0 spiro atoms. The Kier molecular flexibility index (Phi) is 5.99. The van der Waals surface area contributed by atoms with Gasteiger partial charge >= 0.3 is 6.09 Å². The van der Waals surface area contributed by atoms with Crippen molar-refractivity contribution in [3.05, 3.63) is 30.1 Å². The molecule has 128 valence electrons. The molecule has 0 aliphatic carbocycles. The van der Waals surface area contributed by atoms with Crippen molar-refractivity contribution in [2.45, 2.75) is 52.2 Å². The lowest BCUT2D eigenvalue weighted by Gasteiger charge is -2.34. The third-order valence-corrected chi connectivity index (χ3v) is 4.19. The van der Waals surface area contributed by atoms with E-state index in [1.807, 2.05) is 50.2 Å². The van der Waals surface area contributed by atoms with Crippen LogP contribution in [0.25, 0.3) is 0 Å². The van der Waals surface area contributed by atoms with Gasteiger partial charge in [-0.1, -0.05) is 0 Å². The number of pyridine rings is 1.